The summed E-state index contributed by atoms with van der Waals surface area (Å²) in [5.74, 6) is -1.05. The maximum absolute atomic E-state index is 13.2. The van der Waals surface area contributed by atoms with Gasteiger partial charge >= 0.3 is 0 Å². The van der Waals surface area contributed by atoms with E-state index in [1.807, 2.05) is 0 Å². The molecule has 1 saturated heterocycles. The first kappa shape index (κ1) is 8.59. The standard InChI is InChI=1S/C9H9F2NO/c10-6-2-1-3-7(11)9(6)8-4-5-13-12-8/h1-3,8,12H,4-5H2. The molecule has 0 radical (unpaired) electrons. The Bertz CT molecular complexity index is 290. The van der Waals surface area contributed by atoms with Crippen LogP contribution in [0.25, 0.3) is 0 Å². The maximum atomic E-state index is 13.2. The van der Waals surface area contributed by atoms with Gasteiger partial charge < -0.3 is 4.84 Å². The summed E-state index contributed by atoms with van der Waals surface area (Å²) in [5, 5.41) is 0. The topological polar surface area (TPSA) is 21.3 Å². The summed E-state index contributed by atoms with van der Waals surface area (Å²) in [7, 11) is 0. The molecule has 2 rings (SSSR count). The van der Waals surface area contributed by atoms with E-state index in [0.29, 0.717) is 13.0 Å². The summed E-state index contributed by atoms with van der Waals surface area (Å²) in [6.07, 6.45) is 0.595. The summed E-state index contributed by atoms with van der Waals surface area (Å²) in [4.78, 5) is 4.84. The van der Waals surface area contributed by atoms with E-state index in [2.05, 4.69) is 5.48 Å². The summed E-state index contributed by atoms with van der Waals surface area (Å²) in [6.45, 7) is 0.485. The van der Waals surface area contributed by atoms with Gasteiger partial charge in [0.05, 0.1) is 12.6 Å². The zero-order valence-electron chi connectivity index (χ0n) is 6.89. The molecule has 0 amide bonds. The van der Waals surface area contributed by atoms with Crippen molar-refractivity contribution >= 4 is 0 Å². The van der Waals surface area contributed by atoms with Crippen molar-refractivity contribution in [3.8, 4) is 0 Å². The van der Waals surface area contributed by atoms with Crippen LogP contribution in [-0.4, -0.2) is 6.61 Å². The minimum Gasteiger partial charge on any atom is -0.301 e. The van der Waals surface area contributed by atoms with Gasteiger partial charge in [-0.05, 0) is 18.6 Å². The van der Waals surface area contributed by atoms with Gasteiger partial charge in [-0.3, -0.25) is 0 Å². The Kier molecular flexibility index (Phi) is 2.24. The van der Waals surface area contributed by atoms with Gasteiger partial charge in [0, 0.05) is 5.56 Å². The molecule has 1 fully saturated rings. The summed E-state index contributed by atoms with van der Waals surface area (Å²) in [5.41, 5.74) is 2.64. The molecular weight excluding hydrogens is 176 g/mol. The first-order valence-electron chi connectivity index (χ1n) is 4.10. The van der Waals surface area contributed by atoms with E-state index in [0.717, 1.165) is 0 Å². The Morgan fingerprint density at radius 2 is 2.00 bits per heavy atom. The lowest BCUT2D eigenvalue weighted by Crippen LogP contribution is -2.14. The van der Waals surface area contributed by atoms with Gasteiger partial charge in [-0.25, -0.2) is 8.78 Å². The van der Waals surface area contributed by atoms with E-state index in [4.69, 9.17) is 4.84 Å². The Morgan fingerprint density at radius 1 is 1.31 bits per heavy atom. The minimum atomic E-state index is -0.525. The average molecular weight is 185 g/mol. The van der Waals surface area contributed by atoms with E-state index < -0.39 is 11.6 Å². The SMILES string of the molecule is Fc1cccc(F)c1C1CCON1. The molecule has 13 heavy (non-hydrogen) atoms. The maximum Gasteiger partial charge on any atom is 0.131 e. The van der Waals surface area contributed by atoms with Crippen LogP contribution >= 0.6 is 0 Å². The van der Waals surface area contributed by atoms with Crippen LogP contribution in [0.15, 0.2) is 18.2 Å². The minimum absolute atomic E-state index is 0.0694. The number of hydrogen-bond donors (Lipinski definition) is 1. The fraction of sp³-hybridized carbons (Fsp3) is 0.333. The first-order valence-corrected chi connectivity index (χ1v) is 4.10. The van der Waals surface area contributed by atoms with E-state index in [1.54, 1.807) is 0 Å². The highest BCUT2D eigenvalue weighted by Crippen LogP contribution is 2.25. The smallest absolute Gasteiger partial charge is 0.131 e. The van der Waals surface area contributed by atoms with Gasteiger partial charge in [0.25, 0.3) is 0 Å². The van der Waals surface area contributed by atoms with Crippen LogP contribution in [0.5, 0.6) is 0 Å². The molecular formula is C9H9F2NO. The van der Waals surface area contributed by atoms with Crippen molar-refractivity contribution in [3.63, 3.8) is 0 Å². The fourth-order valence-corrected chi connectivity index (χ4v) is 1.44. The molecule has 1 unspecified atom stereocenters. The van der Waals surface area contributed by atoms with Crippen LogP contribution < -0.4 is 5.48 Å². The van der Waals surface area contributed by atoms with Crippen LogP contribution in [0.4, 0.5) is 8.78 Å². The van der Waals surface area contributed by atoms with Crippen molar-refractivity contribution < 1.29 is 13.6 Å². The van der Waals surface area contributed by atoms with E-state index in [-0.39, 0.29) is 11.6 Å². The van der Waals surface area contributed by atoms with Crippen LogP contribution in [0.2, 0.25) is 0 Å². The van der Waals surface area contributed by atoms with Crippen molar-refractivity contribution in [2.45, 2.75) is 12.5 Å². The Hall–Kier alpha value is -1.00. The molecule has 70 valence electrons. The molecule has 1 aliphatic heterocycles. The number of halogens is 2. The second-order valence-electron chi connectivity index (χ2n) is 2.94. The van der Waals surface area contributed by atoms with Crippen LogP contribution in [-0.2, 0) is 4.84 Å². The summed E-state index contributed by atoms with van der Waals surface area (Å²) in [6, 6.07) is 3.49. The third-order valence-corrected chi connectivity index (χ3v) is 2.08. The molecule has 0 aromatic heterocycles. The second kappa shape index (κ2) is 3.40. The summed E-state index contributed by atoms with van der Waals surface area (Å²) < 4.78 is 26.3. The molecule has 1 aromatic carbocycles. The highest BCUT2D eigenvalue weighted by molar-refractivity contribution is 5.23. The molecule has 4 heteroatoms. The quantitative estimate of drug-likeness (QED) is 0.721. The molecule has 1 atom stereocenters. The van der Waals surface area contributed by atoms with E-state index in [9.17, 15) is 8.78 Å². The van der Waals surface area contributed by atoms with Gasteiger partial charge in [0.15, 0.2) is 0 Å². The number of benzene rings is 1. The largest absolute Gasteiger partial charge is 0.301 e. The molecule has 0 spiro atoms. The number of rotatable bonds is 1. The second-order valence-corrected chi connectivity index (χ2v) is 2.94. The van der Waals surface area contributed by atoms with Gasteiger partial charge in [-0.15, -0.1) is 0 Å². The zero-order valence-corrected chi connectivity index (χ0v) is 6.89. The first-order chi connectivity index (χ1) is 6.29. The third kappa shape index (κ3) is 1.55. The predicted octanol–water partition coefficient (Wildman–Crippen LogP) is 1.93. The van der Waals surface area contributed by atoms with E-state index in [1.165, 1.54) is 18.2 Å². The molecule has 0 saturated carbocycles. The lowest BCUT2D eigenvalue weighted by atomic mass is 10.0. The highest BCUT2D eigenvalue weighted by Gasteiger charge is 2.23. The number of nitrogens with one attached hydrogen (secondary N) is 1. The molecule has 2 nitrogen and oxygen atoms in total. The van der Waals surface area contributed by atoms with Crippen LogP contribution in [0, 0.1) is 11.6 Å². The van der Waals surface area contributed by atoms with Crippen molar-refractivity contribution in [1.82, 2.24) is 5.48 Å². The Morgan fingerprint density at radius 3 is 2.54 bits per heavy atom. The van der Waals surface area contributed by atoms with Crippen molar-refractivity contribution in [1.29, 1.82) is 0 Å². The molecule has 1 heterocycles. The molecule has 1 N–H and O–H groups in total. The average Bonchev–Trinajstić information content (AvgIpc) is 2.57. The Balaban J connectivity index is 2.37. The lowest BCUT2D eigenvalue weighted by Gasteiger charge is -2.10. The van der Waals surface area contributed by atoms with Crippen LogP contribution in [0.3, 0.4) is 0 Å². The highest BCUT2D eigenvalue weighted by atomic mass is 19.1. The molecule has 1 aliphatic rings. The number of hydroxylamine groups is 1. The third-order valence-electron chi connectivity index (χ3n) is 2.08. The van der Waals surface area contributed by atoms with E-state index >= 15 is 0 Å². The lowest BCUT2D eigenvalue weighted by molar-refractivity contribution is 0.0871. The normalized spacial score (nSPS) is 22.2. The fourth-order valence-electron chi connectivity index (χ4n) is 1.44. The zero-order chi connectivity index (χ0) is 9.26. The Labute approximate surface area is 74.5 Å². The van der Waals surface area contributed by atoms with Crippen molar-refractivity contribution in [2.24, 2.45) is 0 Å². The van der Waals surface area contributed by atoms with Gasteiger partial charge in [0.2, 0.25) is 0 Å². The van der Waals surface area contributed by atoms with Crippen molar-refractivity contribution in [3.05, 3.63) is 35.4 Å². The number of hydrogen-bond acceptors (Lipinski definition) is 2. The van der Waals surface area contributed by atoms with Crippen LogP contribution in [0.1, 0.15) is 18.0 Å². The van der Waals surface area contributed by atoms with Gasteiger partial charge in [-0.1, -0.05) is 6.07 Å². The predicted molar refractivity (Wildman–Crippen MR) is 42.8 cm³/mol. The van der Waals surface area contributed by atoms with Gasteiger partial charge in [0.1, 0.15) is 11.6 Å². The monoisotopic (exact) mass is 185 g/mol. The van der Waals surface area contributed by atoms with Gasteiger partial charge in [-0.2, -0.15) is 5.48 Å². The molecule has 1 aromatic rings. The van der Waals surface area contributed by atoms with Crippen molar-refractivity contribution in [2.75, 3.05) is 6.61 Å². The molecule has 0 bridgehead atoms. The molecule has 0 aliphatic carbocycles. The summed E-state index contributed by atoms with van der Waals surface area (Å²) >= 11 is 0.